The third-order valence-corrected chi connectivity index (χ3v) is 4.39. The predicted molar refractivity (Wildman–Crippen MR) is 107 cm³/mol. The number of carbonyl (C=O) groups is 1. The molecule has 1 amide bonds. The molecule has 0 aliphatic carbocycles. The number of rotatable bonds is 6. The first-order valence-electron chi connectivity index (χ1n) is 7.77. The summed E-state index contributed by atoms with van der Waals surface area (Å²) >= 11 is 17.7. The molecule has 0 bridgehead atoms. The zero-order valence-electron chi connectivity index (χ0n) is 13.8. The van der Waals surface area contributed by atoms with Crippen molar-refractivity contribution in [2.75, 3.05) is 6.61 Å². The molecule has 0 saturated carbocycles. The van der Waals surface area contributed by atoms with Crippen LogP contribution in [-0.4, -0.2) is 18.7 Å². The Morgan fingerprint density at radius 2 is 1.81 bits per heavy atom. The summed E-state index contributed by atoms with van der Waals surface area (Å²) in [5, 5.41) is 5.34. The number of hydrogen-bond acceptors (Lipinski definition) is 4. The number of ether oxygens (including phenoxy) is 1. The minimum atomic E-state index is -0.405. The van der Waals surface area contributed by atoms with Gasteiger partial charge in [-0.25, -0.2) is 5.43 Å². The van der Waals surface area contributed by atoms with Crippen LogP contribution >= 0.6 is 34.8 Å². The lowest BCUT2D eigenvalue weighted by molar-refractivity contribution is -0.123. The molecule has 0 fully saturated rings. The summed E-state index contributed by atoms with van der Waals surface area (Å²) in [6.45, 7) is -0.175. The summed E-state index contributed by atoms with van der Waals surface area (Å²) in [6.07, 6.45) is 1.39. The SMILES string of the molecule is O=C(COc1ccc(Cl)cc1)NN=Cc1ccc(-c2ccc(Cl)c(Cl)c2)o1. The molecule has 0 aliphatic heterocycles. The smallest absolute Gasteiger partial charge is 0.277 e. The van der Waals surface area contributed by atoms with Crippen molar-refractivity contribution < 1.29 is 13.9 Å². The van der Waals surface area contributed by atoms with Crippen LogP contribution in [0.1, 0.15) is 5.76 Å². The minimum Gasteiger partial charge on any atom is -0.484 e. The molecule has 0 radical (unpaired) electrons. The zero-order chi connectivity index (χ0) is 19.2. The van der Waals surface area contributed by atoms with E-state index in [-0.39, 0.29) is 6.61 Å². The maximum Gasteiger partial charge on any atom is 0.277 e. The van der Waals surface area contributed by atoms with Crippen LogP contribution in [0, 0.1) is 0 Å². The van der Waals surface area contributed by atoms with E-state index in [9.17, 15) is 4.79 Å². The van der Waals surface area contributed by atoms with Crippen molar-refractivity contribution in [1.29, 1.82) is 0 Å². The first kappa shape index (κ1) is 19.3. The number of nitrogens with one attached hydrogen (secondary N) is 1. The Bertz CT molecular complexity index is 969. The molecule has 0 atom stereocenters. The van der Waals surface area contributed by atoms with E-state index < -0.39 is 5.91 Å². The fourth-order valence-electron chi connectivity index (χ4n) is 2.11. The van der Waals surface area contributed by atoms with E-state index in [1.807, 2.05) is 0 Å². The van der Waals surface area contributed by atoms with Crippen LogP contribution in [0.25, 0.3) is 11.3 Å². The molecular formula is C19H13Cl3N2O3. The summed E-state index contributed by atoms with van der Waals surface area (Å²) in [5.74, 6) is 1.20. The van der Waals surface area contributed by atoms with E-state index in [0.717, 1.165) is 5.56 Å². The maximum absolute atomic E-state index is 11.7. The molecule has 27 heavy (non-hydrogen) atoms. The van der Waals surface area contributed by atoms with E-state index in [1.165, 1.54) is 6.21 Å². The van der Waals surface area contributed by atoms with Gasteiger partial charge in [0, 0.05) is 10.6 Å². The molecule has 5 nitrogen and oxygen atoms in total. The van der Waals surface area contributed by atoms with Crippen LogP contribution in [0.5, 0.6) is 5.75 Å². The van der Waals surface area contributed by atoms with Gasteiger partial charge in [-0.05, 0) is 54.6 Å². The average molecular weight is 424 g/mol. The summed E-state index contributed by atoms with van der Waals surface area (Å²) < 4.78 is 11.0. The first-order chi connectivity index (χ1) is 13.0. The molecule has 0 unspecified atom stereocenters. The van der Waals surface area contributed by atoms with Gasteiger partial charge >= 0.3 is 0 Å². The van der Waals surface area contributed by atoms with Crippen molar-refractivity contribution in [3.8, 4) is 17.1 Å². The fraction of sp³-hybridized carbons (Fsp3) is 0.0526. The second-order valence-corrected chi connectivity index (χ2v) is 6.62. The van der Waals surface area contributed by atoms with Gasteiger partial charge in [-0.15, -0.1) is 0 Å². The topological polar surface area (TPSA) is 63.8 Å². The molecule has 1 heterocycles. The highest BCUT2D eigenvalue weighted by Crippen LogP contribution is 2.29. The maximum atomic E-state index is 11.7. The summed E-state index contributed by atoms with van der Waals surface area (Å²) in [4.78, 5) is 11.7. The van der Waals surface area contributed by atoms with Crippen molar-refractivity contribution in [1.82, 2.24) is 5.43 Å². The van der Waals surface area contributed by atoms with E-state index in [2.05, 4.69) is 10.5 Å². The molecule has 3 aromatic rings. The highest BCUT2D eigenvalue weighted by atomic mass is 35.5. The standard InChI is InChI=1S/C19H13Cl3N2O3/c20-13-2-4-14(5-3-13)26-11-19(25)24-23-10-15-6-8-18(27-15)12-1-7-16(21)17(22)9-12/h1-10H,11H2,(H,24,25). The van der Waals surface area contributed by atoms with E-state index >= 15 is 0 Å². The summed E-state index contributed by atoms with van der Waals surface area (Å²) in [6, 6.07) is 15.4. The lowest BCUT2D eigenvalue weighted by atomic mass is 10.2. The molecule has 1 N–H and O–H groups in total. The van der Waals surface area contributed by atoms with Crippen LogP contribution in [0.3, 0.4) is 0 Å². The number of nitrogens with zero attached hydrogens (tertiary/aromatic N) is 1. The van der Waals surface area contributed by atoms with Crippen molar-refractivity contribution in [2.24, 2.45) is 5.10 Å². The molecule has 8 heteroatoms. The molecular weight excluding hydrogens is 411 g/mol. The predicted octanol–water partition coefficient (Wildman–Crippen LogP) is 5.44. The number of hydrazone groups is 1. The number of hydrogen-bond donors (Lipinski definition) is 1. The van der Waals surface area contributed by atoms with Crippen LogP contribution in [0.2, 0.25) is 15.1 Å². The van der Waals surface area contributed by atoms with Gasteiger partial charge in [-0.2, -0.15) is 5.10 Å². The Labute approximate surface area is 170 Å². The number of carbonyl (C=O) groups excluding carboxylic acids is 1. The molecule has 138 valence electrons. The summed E-state index contributed by atoms with van der Waals surface area (Å²) in [7, 11) is 0. The Morgan fingerprint density at radius 1 is 1.04 bits per heavy atom. The van der Waals surface area contributed by atoms with Gasteiger partial charge in [0.05, 0.1) is 16.3 Å². The second-order valence-electron chi connectivity index (χ2n) is 5.37. The number of benzene rings is 2. The number of halogens is 3. The Kier molecular flexibility index (Phi) is 6.40. The highest BCUT2D eigenvalue weighted by Gasteiger charge is 2.07. The highest BCUT2D eigenvalue weighted by molar-refractivity contribution is 6.42. The molecule has 0 spiro atoms. The lowest BCUT2D eigenvalue weighted by Gasteiger charge is -2.04. The van der Waals surface area contributed by atoms with Gasteiger partial charge in [0.25, 0.3) is 5.91 Å². The largest absolute Gasteiger partial charge is 0.484 e. The quantitative estimate of drug-likeness (QED) is 0.424. The van der Waals surface area contributed by atoms with Crippen LogP contribution in [-0.2, 0) is 4.79 Å². The first-order valence-corrected chi connectivity index (χ1v) is 8.90. The van der Waals surface area contributed by atoms with Gasteiger partial charge in [-0.1, -0.05) is 34.8 Å². The number of amides is 1. The van der Waals surface area contributed by atoms with Crippen LogP contribution < -0.4 is 10.2 Å². The second kappa shape index (κ2) is 8.95. The van der Waals surface area contributed by atoms with E-state index in [1.54, 1.807) is 54.6 Å². The van der Waals surface area contributed by atoms with E-state index in [4.69, 9.17) is 44.0 Å². The van der Waals surface area contributed by atoms with Crippen molar-refractivity contribution in [3.63, 3.8) is 0 Å². The third-order valence-electron chi connectivity index (χ3n) is 3.40. The molecule has 3 rings (SSSR count). The normalized spacial score (nSPS) is 10.9. The summed E-state index contributed by atoms with van der Waals surface area (Å²) in [5.41, 5.74) is 3.14. The molecule has 1 aromatic heterocycles. The van der Waals surface area contributed by atoms with Crippen molar-refractivity contribution in [3.05, 3.63) is 75.4 Å². The third kappa shape index (κ3) is 5.50. The van der Waals surface area contributed by atoms with Crippen molar-refractivity contribution in [2.45, 2.75) is 0 Å². The molecule has 0 saturated heterocycles. The fourth-order valence-corrected chi connectivity index (χ4v) is 2.53. The number of furan rings is 1. The molecule has 2 aromatic carbocycles. The Morgan fingerprint density at radius 3 is 2.56 bits per heavy atom. The van der Waals surface area contributed by atoms with Crippen LogP contribution in [0.15, 0.2) is 64.1 Å². The lowest BCUT2D eigenvalue weighted by Crippen LogP contribution is -2.24. The molecule has 0 aliphatic rings. The minimum absolute atomic E-state index is 0.175. The Hall–Kier alpha value is -2.47. The van der Waals surface area contributed by atoms with Crippen molar-refractivity contribution >= 4 is 46.9 Å². The van der Waals surface area contributed by atoms with Crippen LogP contribution in [0.4, 0.5) is 0 Å². The Balaban J connectivity index is 1.52. The zero-order valence-corrected chi connectivity index (χ0v) is 16.1. The van der Waals surface area contributed by atoms with Gasteiger partial charge in [-0.3, -0.25) is 4.79 Å². The van der Waals surface area contributed by atoms with Gasteiger partial charge in [0.1, 0.15) is 17.3 Å². The van der Waals surface area contributed by atoms with Gasteiger partial charge in [0.15, 0.2) is 6.61 Å². The van der Waals surface area contributed by atoms with Gasteiger partial charge in [0.2, 0.25) is 0 Å². The van der Waals surface area contributed by atoms with E-state index in [0.29, 0.717) is 32.3 Å². The average Bonchev–Trinajstić information content (AvgIpc) is 3.12. The van der Waals surface area contributed by atoms with Gasteiger partial charge < -0.3 is 9.15 Å². The monoisotopic (exact) mass is 422 g/mol.